The zero-order valence-electron chi connectivity index (χ0n) is 15.1. The molecule has 1 amide bonds. The summed E-state index contributed by atoms with van der Waals surface area (Å²) in [5.74, 6) is 1.06. The number of hydrogen-bond donors (Lipinski definition) is 1. The molecule has 1 N–H and O–H groups in total. The molecule has 0 spiro atoms. The van der Waals surface area contributed by atoms with Crippen molar-refractivity contribution < 1.29 is 13.6 Å². The van der Waals surface area contributed by atoms with Crippen molar-refractivity contribution in [3.63, 3.8) is 0 Å². The molecule has 0 aliphatic carbocycles. The minimum atomic E-state index is -0.283. The number of carbonyl (C=O) groups is 1. The first-order valence-electron chi connectivity index (χ1n) is 8.67. The molecule has 5 nitrogen and oxygen atoms in total. The second-order valence-electron chi connectivity index (χ2n) is 6.10. The van der Waals surface area contributed by atoms with E-state index in [1.165, 1.54) is 23.9 Å². The first-order chi connectivity index (χ1) is 13.0. The highest BCUT2D eigenvalue weighted by molar-refractivity contribution is 7.98. The van der Waals surface area contributed by atoms with Gasteiger partial charge in [0, 0.05) is 11.6 Å². The van der Waals surface area contributed by atoms with Crippen LogP contribution in [0.4, 0.5) is 4.39 Å². The Hall–Kier alpha value is -2.67. The van der Waals surface area contributed by atoms with Crippen LogP contribution in [-0.4, -0.2) is 22.1 Å². The summed E-state index contributed by atoms with van der Waals surface area (Å²) in [6.45, 7) is 3.96. The monoisotopic (exact) mass is 385 g/mol. The van der Waals surface area contributed by atoms with Crippen molar-refractivity contribution in [1.29, 1.82) is 0 Å². The zero-order valence-corrected chi connectivity index (χ0v) is 15.9. The van der Waals surface area contributed by atoms with Gasteiger partial charge in [-0.1, -0.05) is 18.7 Å². The second-order valence-corrected chi connectivity index (χ2v) is 7.10. The van der Waals surface area contributed by atoms with Crippen LogP contribution in [0.5, 0.6) is 0 Å². The molecule has 0 radical (unpaired) electrons. The number of halogens is 1. The molecule has 0 aliphatic heterocycles. The minimum Gasteiger partial charge on any atom is -0.455 e. The maximum Gasteiger partial charge on any atom is 0.287 e. The molecule has 27 heavy (non-hydrogen) atoms. The number of nitrogens with one attached hydrogen (secondary N) is 1. The topological polar surface area (TPSA) is 68.0 Å². The van der Waals surface area contributed by atoms with Crippen LogP contribution in [0.2, 0.25) is 0 Å². The summed E-state index contributed by atoms with van der Waals surface area (Å²) in [6.07, 6.45) is 0.863. The number of carbonyl (C=O) groups excluding carboxylic acids is 1. The van der Waals surface area contributed by atoms with E-state index < -0.39 is 0 Å². The third-order valence-corrected chi connectivity index (χ3v) is 4.96. The van der Waals surface area contributed by atoms with E-state index in [2.05, 4.69) is 15.5 Å². The minimum absolute atomic E-state index is 0.107. The van der Waals surface area contributed by atoms with Gasteiger partial charge < -0.3 is 9.73 Å². The Morgan fingerprint density at radius 3 is 2.59 bits per heavy atom. The zero-order chi connectivity index (χ0) is 19.2. The number of rotatable bonds is 7. The predicted molar refractivity (Wildman–Crippen MR) is 103 cm³/mol. The van der Waals surface area contributed by atoms with Gasteiger partial charge in [-0.2, -0.15) is 0 Å². The molecule has 0 fully saturated rings. The van der Waals surface area contributed by atoms with Crippen LogP contribution in [0.25, 0.3) is 11.3 Å². The summed E-state index contributed by atoms with van der Waals surface area (Å²) in [7, 11) is 0. The Morgan fingerprint density at radius 2 is 1.93 bits per heavy atom. The fraction of sp³-hybridized carbons (Fsp3) is 0.250. The van der Waals surface area contributed by atoms with Gasteiger partial charge in [-0.15, -0.1) is 10.2 Å². The van der Waals surface area contributed by atoms with Crippen LogP contribution >= 0.6 is 11.8 Å². The fourth-order valence-electron chi connectivity index (χ4n) is 2.29. The molecule has 140 valence electrons. The Kier molecular flexibility index (Phi) is 6.24. The van der Waals surface area contributed by atoms with E-state index in [-0.39, 0.29) is 17.8 Å². The number of aromatic nitrogens is 2. The van der Waals surface area contributed by atoms with Gasteiger partial charge in [-0.3, -0.25) is 4.79 Å². The van der Waals surface area contributed by atoms with Gasteiger partial charge in [0.15, 0.2) is 5.76 Å². The van der Waals surface area contributed by atoms with Crippen molar-refractivity contribution in [3.8, 4) is 11.3 Å². The largest absolute Gasteiger partial charge is 0.455 e. The lowest BCUT2D eigenvalue weighted by atomic mass is 10.1. The highest BCUT2D eigenvalue weighted by Gasteiger charge is 2.13. The normalized spacial score (nSPS) is 12.0. The molecule has 2 aromatic heterocycles. The van der Waals surface area contributed by atoms with Gasteiger partial charge in [-0.05, 0) is 61.9 Å². The van der Waals surface area contributed by atoms with Gasteiger partial charge in [0.25, 0.3) is 5.91 Å². The van der Waals surface area contributed by atoms with Gasteiger partial charge in [0.2, 0.25) is 0 Å². The summed E-state index contributed by atoms with van der Waals surface area (Å²) in [5.41, 5.74) is 1.49. The van der Waals surface area contributed by atoms with E-state index in [1.54, 1.807) is 24.3 Å². The van der Waals surface area contributed by atoms with E-state index in [9.17, 15) is 9.18 Å². The van der Waals surface area contributed by atoms with Crippen LogP contribution < -0.4 is 5.32 Å². The molecule has 7 heteroatoms. The SMILES string of the molecule is CC[C@H](C)NC(=O)c1ccc(CSc2ccc(-c3ccc(F)cc3)nn2)o1. The van der Waals surface area contributed by atoms with Crippen molar-refractivity contribution in [2.45, 2.75) is 37.1 Å². The van der Waals surface area contributed by atoms with Gasteiger partial charge in [-0.25, -0.2) is 4.39 Å². The average molecular weight is 385 g/mol. The van der Waals surface area contributed by atoms with Crippen molar-refractivity contribution in [1.82, 2.24) is 15.5 Å². The molecule has 1 atom stereocenters. The molecule has 3 aromatic rings. The molecule has 0 bridgehead atoms. The molecular formula is C20H20FN3O2S. The van der Waals surface area contributed by atoms with Gasteiger partial charge in [0.05, 0.1) is 11.4 Å². The number of nitrogens with zero attached hydrogens (tertiary/aromatic N) is 2. The summed E-state index contributed by atoms with van der Waals surface area (Å²) < 4.78 is 18.6. The molecule has 2 heterocycles. The first kappa shape index (κ1) is 19.1. The van der Waals surface area contributed by atoms with E-state index in [0.29, 0.717) is 23.0 Å². The molecule has 3 rings (SSSR count). The maximum absolute atomic E-state index is 13.0. The number of benzene rings is 1. The van der Waals surface area contributed by atoms with Crippen LogP contribution in [0.1, 0.15) is 36.6 Å². The van der Waals surface area contributed by atoms with Crippen molar-refractivity contribution in [2.24, 2.45) is 0 Å². The van der Waals surface area contributed by atoms with Crippen LogP contribution in [0.3, 0.4) is 0 Å². The second kappa shape index (κ2) is 8.81. The molecular weight excluding hydrogens is 365 g/mol. The molecule has 0 unspecified atom stereocenters. The lowest BCUT2D eigenvalue weighted by Gasteiger charge is -2.09. The van der Waals surface area contributed by atoms with Crippen LogP contribution in [-0.2, 0) is 5.75 Å². The third-order valence-electron chi connectivity index (χ3n) is 4.02. The standard InChI is InChI=1S/C20H20FN3O2S/c1-3-13(2)22-20(25)18-10-8-16(26-18)12-27-19-11-9-17(23-24-19)14-4-6-15(21)7-5-14/h4-11,13H,3,12H2,1-2H3,(H,22,25)/t13-/m0/s1. The van der Waals surface area contributed by atoms with Crippen molar-refractivity contribution in [2.75, 3.05) is 0 Å². The highest BCUT2D eigenvalue weighted by Crippen LogP contribution is 2.24. The van der Waals surface area contributed by atoms with Crippen molar-refractivity contribution >= 4 is 17.7 Å². The lowest BCUT2D eigenvalue weighted by Crippen LogP contribution is -2.31. The summed E-state index contributed by atoms with van der Waals surface area (Å²) >= 11 is 1.46. The van der Waals surface area contributed by atoms with Gasteiger partial charge in [0.1, 0.15) is 16.6 Å². The predicted octanol–water partition coefficient (Wildman–Crippen LogP) is 4.70. The number of amides is 1. The van der Waals surface area contributed by atoms with Crippen molar-refractivity contribution in [3.05, 3.63) is 65.9 Å². The number of hydrogen-bond acceptors (Lipinski definition) is 5. The van der Waals surface area contributed by atoms with Crippen LogP contribution in [0, 0.1) is 5.82 Å². The third kappa shape index (κ3) is 5.17. The molecule has 0 saturated carbocycles. The Bertz CT molecular complexity index is 894. The maximum atomic E-state index is 13.0. The Balaban J connectivity index is 1.57. The number of thioether (sulfide) groups is 1. The number of furan rings is 1. The van der Waals surface area contributed by atoms with E-state index >= 15 is 0 Å². The molecule has 1 aromatic carbocycles. The Morgan fingerprint density at radius 1 is 1.15 bits per heavy atom. The van der Waals surface area contributed by atoms with E-state index in [4.69, 9.17) is 4.42 Å². The fourth-order valence-corrected chi connectivity index (χ4v) is 3.00. The summed E-state index contributed by atoms with van der Waals surface area (Å²) in [5, 5.41) is 12.0. The quantitative estimate of drug-likeness (QED) is 0.597. The van der Waals surface area contributed by atoms with Gasteiger partial charge >= 0.3 is 0 Å². The lowest BCUT2D eigenvalue weighted by molar-refractivity contribution is 0.0910. The molecule has 0 aliphatic rings. The smallest absolute Gasteiger partial charge is 0.287 e. The van der Waals surface area contributed by atoms with E-state index in [1.807, 2.05) is 26.0 Å². The summed E-state index contributed by atoms with van der Waals surface area (Å²) in [4.78, 5) is 12.0. The highest BCUT2D eigenvalue weighted by atomic mass is 32.2. The average Bonchev–Trinajstić information content (AvgIpc) is 3.16. The van der Waals surface area contributed by atoms with E-state index in [0.717, 1.165) is 17.0 Å². The first-order valence-corrected chi connectivity index (χ1v) is 9.65. The Labute approximate surface area is 161 Å². The van der Waals surface area contributed by atoms with Crippen LogP contribution in [0.15, 0.2) is 58.0 Å². The molecule has 0 saturated heterocycles. The summed E-state index contributed by atoms with van der Waals surface area (Å²) in [6, 6.07) is 13.4.